The lowest BCUT2D eigenvalue weighted by Gasteiger charge is -2.11. The number of fused-ring (bicyclic) bond motifs is 1. The molecule has 0 saturated heterocycles. The smallest absolute Gasteiger partial charge is 0.355 e. The van der Waals surface area contributed by atoms with E-state index < -0.39 is 5.97 Å². The number of aromatic nitrogens is 1. The zero-order valence-corrected chi connectivity index (χ0v) is 18.7. The number of ether oxygens (including phenoxy) is 2. The maximum Gasteiger partial charge on any atom is 0.355 e. The lowest BCUT2D eigenvalue weighted by molar-refractivity contribution is -0.143. The minimum Gasteiger partial charge on any atom is -0.464 e. The van der Waals surface area contributed by atoms with E-state index in [1.807, 2.05) is 38.0 Å². The SMILES string of the molecule is CN(C)CCOC(=O)CCc1c(C(=O)OCCN(C)C)[nH]c2cc(Cl)cc(Cl)c12. The van der Waals surface area contributed by atoms with Crippen LogP contribution in [0.15, 0.2) is 12.1 Å². The molecule has 0 atom stereocenters. The summed E-state index contributed by atoms with van der Waals surface area (Å²) in [6, 6.07) is 3.30. The van der Waals surface area contributed by atoms with Crippen molar-refractivity contribution >= 4 is 46.0 Å². The summed E-state index contributed by atoms with van der Waals surface area (Å²) in [7, 11) is 7.60. The van der Waals surface area contributed by atoms with Crippen LogP contribution in [0.5, 0.6) is 0 Å². The van der Waals surface area contributed by atoms with Gasteiger partial charge in [0.05, 0.1) is 5.02 Å². The summed E-state index contributed by atoms with van der Waals surface area (Å²) < 4.78 is 10.6. The Hall–Kier alpha value is -1.80. The fourth-order valence-corrected chi connectivity index (χ4v) is 3.38. The number of H-pyrrole nitrogens is 1. The molecule has 1 aromatic heterocycles. The molecular formula is C20H27Cl2N3O4. The standard InChI is InChI=1S/C20H27Cl2N3O4/c1-24(2)7-9-28-17(26)6-5-14-18-15(22)11-13(21)12-16(18)23-19(14)20(27)29-10-8-25(3)4/h11-12,23H,5-10H2,1-4H3. The predicted octanol–water partition coefficient (Wildman–Crippen LogP) is 3.23. The van der Waals surface area contributed by atoms with Crippen LogP contribution in [-0.4, -0.2) is 81.2 Å². The average Bonchev–Trinajstić information content (AvgIpc) is 2.97. The Kier molecular flexibility index (Phi) is 8.77. The van der Waals surface area contributed by atoms with E-state index in [2.05, 4.69) is 4.98 Å². The van der Waals surface area contributed by atoms with Gasteiger partial charge in [0, 0.05) is 35.4 Å². The van der Waals surface area contributed by atoms with Crippen LogP contribution in [0.25, 0.3) is 10.9 Å². The Morgan fingerprint density at radius 1 is 1.00 bits per heavy atom. The first-order valence-electron chi connectivity index (χ1n) is 9.30. The normalized spacial score (nSPS) is 11.4. The van der Waals surface area contributed by atoms with Crippen molar-refractivity contribution in [3.05, 3.63) is 33.4 Å². The molecule has 160 valence electrons. The van der Waals surface area contributed by atoms with Crippen molar-refractivity contribution in [2.24, 2.45) is 0 Å². The zero-order chi connectivity index (χ0) is 21.6. The third kappa shape index (κ3) is 6.89. The molecule has 29 heavy (non-hydrogen) atoms. The monoisotopic (exact) mass is 443 g/mol. The van der Waals surface area contributed by atoms with Crippen molar-refractivity contribution in [3.8, 4) is 0 Å². The van der Waals surface area contributed by atoms with Gasteiger partial charge in [-0.2, -0.15) is 0 Å². The van der Waals surface area contributed by atoms with Crippen LogP contribution in [0.2, 0.25) is 10.0 Å². The molecule has 0 amide bonds. The largest absolute Gasteiger partial charge is 0.464 e. The molecule has 1 N–H and O–H groups in total. The Balaban J connectivity index is 2.21. The van der Waals surface area contributed by atoms with E-state index in [0.717, 1.165) is 0 Å². The number of likely N-dealkylation sites (N-methyl/N-ethyl adjacent to an activating group) is 2. The van der Waals surface area contributed by atoms with Gasteiger partial charge in [-0.25, -0.2) is 4.79 Å². The molecule has 0 aliphatic heterocycles. The highest BCUT2D eigenvalue weighted by Crippen LogP contribution is 2.33. The number of rotatable bonds is 10. The predicted molar refractivity (Wildman–Crippen MR) is 115 cm³/mol. The quantitative estimate of drug-likeness (QED) is 0.568. The first-order valence-corrected chi connectivity index (χ1v) is 10.1. The van der Waals surface area contributed by atoms with E-state index in [1.54, 1.807) is 12.1 Å². The Morgan fingerprint density at radius 3 is 2.24 bits per heavy atom. The highest BCUT2D eigenvalue weighted by Gasteiger charge is 2.22. The maximum atomic E-state index is 12.6. The summed E-state index contributed by atoms with van der Waals surface area (Å²) in [5.41, 5.74) is 1.53. The third-order valence-corrected chi connectivity index (χ3v) is 4.79. The Bertz CT molecular complexity index is 865. The van der Waals surface area contributed by atoms with Crippen LogP contribution in [0, 0.1) is 0 Å². The number of nitrogens with one attached hydrogen (secondary N) is 1. The van der Waals surface area contributed by atoms with Crippen molar-refractivity contribution in [3.63, 3.8) is 0 Å². The lowest BCUT2D eigenvalue weighted by Crippen LogP contribution is -2.21. The second-order valence-corrected chi connectivity index (χ2v) is 8.10. The van der Waals surface area contributed by atoms with Crippen LogP contribution < -0.4 is 0 Å². The Morgan fingerprint density at radius 2 is 1.62 bits per heavy atom. The lowest BCUT2D eigenvalue weighted by atomic mass is 10.1. The molecule has 0 bridgehead atoms. The number of hydrogen-bond acceptors (Lipinski definition) is 6. The van der Waals surface area contributed by atoms with E-state index in [4.69, 9.17) is 32.7 Å². The summed E-state index contributed by atoms with van der Waals surface area (Å²) >= 11 is 12.5. The fraction of sp³-hybridized carbons (Fsp3) is 0.500. The molecule has 0 spiro atoms. The number of esters is 2. The minimum absolute atomic E-state index is 0.122. The molecule has 7 nitrogen and oxygen atoms in total. The summed E-state index contributed by atoms with van der Waals surface area (Å²) in [6.07, 6.45) is 0.414. The first kappa shape index (κ1) is 23.5. The van der Waals surface area contributed by atoms with Gasteiger partial charge < -0.3 is 24.3 Å². The number of benzene rings is 1. The Labute approximate surface area is 180 Å². The van der Waals surface area contributed by atoms with E-state index in [1.165, 1.54) is 0 Å². The van der Waals surface area contributed by atoms with Gasteiger partial charge >= 0.3 is 11.9 Å². The van der Waals surface area contributed by atoms with E-state index in [0.29, 0.717) is 52.6 Å². The first-order chi connectivity index (χ1) is 13.7. The van der Waals surface area contributed by atoms with Crippen molar-refractivity contribution in [1.29, 1.82) is 0 Å². The second kappa shape index (κ2) is 10.8. The van der Waals surface area contributed by atoms with Crippen LogP contribution in [0.4, 0.5) is 0 Å². The molecule has 1 aromatic carbocycles. The summed E-state index contributed by atoms with van der Waals surface area (Å²) in [4.78, 5) is 31.6. The molecule has 0 fully saturated rings. The van der Waals surface area contributed by atoms with Crippen molar-refractivity contribution in [2.75, 3.05) is 54.5 Å². The number of carbonyl (C=O) groups is 2. The van der Waals surface area contributed by atoms with Crippen molar-refractivity contribution in [1.82, 2.24) is 14.8 Å². The highest BCUT2D eigenvalue weighted by atomic mass is 35.5. The zero-order valence-electron chi connectivity index (χ0n) is 17.2. The number of carbonyl (C=O) groups excluding carboxylic acids is 2. The topological polar surface area (TPSA) is 74.9 Å². The second-order valence-electron chi connectivity index (χ2n) is 7.25. The third-order valence-electron chi connectivity index (χ3n) is 4.27. The molecule has 0 aliphatic rings. The summed E-state index contributed by atoms with van der Waals surface area (Å²) in [6.45, 7) is 1.82. The summed E-state index contributed by atoms with van der Waals surface area (Å²) in [5, 5.41) is 1.52. The van der Waals surface area contributed by atoms with Crippen LogP contribution in [-0.2, 0) is 20.7 Å². The van der Waals surface area contributed by atoms with Crippen molar-refractivity contribution < 1.29 is 19.1 Å². The van der Waals surface area contributed by atoms with Gasteiger partial charge in [-0.15, -0.1) is 0 Å². The van der Waals surface area contributed by atoms with Gasteiger partial charge in [0.1, 0.15) is 18.9 Å². The minimum atomic E-state index is -0.494. The molecule has 0 aliphatic carbocycles. The molecule has 0 saturated carbocycles. The average molecular weight is 444 g/mol. The van der Waals surface area contributed by atoms with Gasteiger partial charge in [0.2, 0.25) is 0 Å². The van der Waals surface area contributed by atoms with Gasteiger partial charge in [0.25, 0.3) is 0 Å². The number of aryl methyl sites for hydroxylation is 1. The summed E-state index contributed by atoms with van der Waals surface area (Å²) in [5.74, 6) is -0.829. The number of hydrogen-bond donors (Lipinski definition) is 1. The number of halogens is 2. The van der Waals surface area contributed by atoms with E-state index in [-0.39, 0.29) is 24.7 Å². The van der Waals surface area contributed by atoms with E-state index >= 15 is 0 Å². The molecule has 1 heterocycles. The van der Waals surface area contributed by atoms with Crippen LogP contribution >= 0.6 is 23.2 Å². The van der Waals surface area contributed by atoms with Crippen LogP contribution in [0.1, 0.15) is 22.5 Å². The van der Waals surface area contributed by atoms with Crippen LogP contribution in [0.3, 0.4) is 0 Å². The van der Waals surface area contributed by atoms with Gasteiger partial charge in [-0.1, -0.05) is 23.2 Å². The molecular weight excluding hydrogens is 417 g/mol. The fourth-order valence-electron chi connectivity index (χ4n) is 2.77. The number of aromatic amines is 1. The number of nitrogens with zero attached hydrogens (tertiary/aromatic N) is 2. The van der Waals surface area contributed by atoms with Gasteiger partial charge in [-0.3, -0.25) is 4.79 Å². The molecule has 0 unspecified atom stereocenters. The molecule has 2 rings (SSSR count). The molecule has 2 aromatic rings. The van der Waals surface area contributed by atoms with Crippen molar-refractivity contribution in [2.45, 2.75) is 12.8 Å². The van der Waals surface area contributed by atoms with E-state index in [9.17, 15) is 9.59 Å². The molecule has 9 heteroatoms. The highest BCUT2D eigenvalue weighted by molar-refractivity contribution is 6.39. The molecule has 0 radical (unpaired) electrons. The maximum absolute atomic E-state index is 12.6. The van der Waals surface area contributed by atoms with Gasteiger partial charge in [-0.05, 0) is 52.3 Å². The van der Waals surface area contributed by atoms with Gasteiger partial charge in [0.15, 0.2) is 0 Å².